The fraction of sp³-hybridized carbons (Fsp3) is 1.00. The molecule has 1 saturated heterocycles. The van der Waals surface area contributed by atoms with Gasteiger partial charge in [0.25, 0.3) is 0 Å². The standard InChI is InChI=1S/C11H21NS/c1-10(2,3)8-7-12-9(8)11(13-4)5-6-11/h8-9,12H,5-7H2,1-4H3. The Bertz CT molecular complexity index is 203. The van der Waals surface area contributed by atoms with Gasteiger partial charge in [-0.25, -0.2) is 0 Å². The highest BCUT2D eigenvalue weighted by atomic mass is 32.2. The number of rotatable bonds is 2. The second-order valence-electron chi connectivity index (χ2n) is 5.63. The van der Waals surface area contributed by atoms with Gasteiger partial charge in [-0.15, -0.1) is 0 Å². The average molecular weight is 199 g/mol. The van der Waals surface area contributed by atoms with Gasteiger partial charge in [0.15, 0.2) is 0 Å². The lowest BCUT2D eigenvalue weighted by Crippen LogP contribution is -2.63. The summed E-state index contributed by atoms with van der Waals surface area (Å²) in [6, 6.07) is 0.794. The third-order valence-corrected chi connectivity index (χ3v) is 5.26. The Kier molecular flexibility index (Phi) is 2.20. The molecule has 0 aromatic rings. The molecule has 1 N–H and O–H groups in total. The largest absolute Gasteiger partial charge is 0.312 e. The summed E-state index contributed by atoms with van der Waals surface area (Å²) in [5.41, 5.74) is 0.487. The van der Waals surface area contributed by atoms with Gasteiger partial charge in [0.2, 0.25) is 0 Å². The Balaban J connectivity index is 2.03. The van der Waals surface area contributed by atoms with Gasteiger partial charge in [-0.05, 0) is 30.4 Å². The Morgan fingerprint density at radius 1 is 1.31 bits per heavy atom. The molecule has 76 valence electrons. The zero-order valence-electron chi connectivity index (χ0n) is 9.18. The molecular formula is C11H21NS. The zero-order valence-corrected chi connectivity index (χ0v) is 10.0. The smallest absolute Gasteiger partial charge is 0.0314 e. The van der Waals surface area contributed by atoms with Crippen molar-refractivity contribution >= 4 is 11.8 Å². The second-order valence-corrected chi connectivity index (χ2v) is 6.85. The molecule has 1 heterocycles. The molecule has 0 amide bonds. The van der Waals surface area contributed by atoms with Gasteiger partial charge in [-0.3, -0.25) is 0 Å². The Morgan fingerprint density at radius 3 is 2.15 bits per heavy atom. The summed E-state index contributed by atoms with van der Waals surface area (Å²) in [4.78, 5) is 0. The van der Waals surface area contributed by atoms with E-state index < -0.39 is 0 Å². The number of nitrogens with one attached hydrogen (secondary N) is 1. The van der Waals surface area contributed by atoms with Gasteiger partial charge in [-0.2, -0.15) is 11.8 Å². The second kappa shape index (κ2) is 2.90. The monoisotopic (exact) mass is 199 g/mol. The van der Waals surface area contributed by atoms with Gasteiger partial charge < -0.3 is 5.32 Å². The van der Waals surface area contributed by atoms with Crippen LogP contribution in [0.4, 0.5) is 0 Å². The maximum atomic E-state index is 3.63. The highest BCUT2D eigenvalue weighted by molar-refractivity contribution is 8.00. The van der Waals surface area contributed by atoms with E-state index in [0.29, 0.717) is 10.2 Å². The van der Waals surface area contributed by atoms with Crippen LogP contribution in [-0.2, 0) is 0 Å². The van der Waals surface area contributed by atoms with Crippen molar-refractivity contribution in [2.45, 2.75) is 44.4 Å². The molecule has 0 bridgehead atoms. The molecular weight excluding hydrogens is 178 g/mol. The van der Waals surface area contributed by atoms with Crippen LogP contribution >= 0.6 is 11.8 Å². The summed E-state index contributed by atoms with van der Waals surface area (Å²) in [6.45, 7) is 8.36. The first-order chi connectivity index (χ1) is 5.99. The van der Waals surface area contributed by atoms with Crippen molar-refractivity contribution in [2.75, 3.05) is 12.8 Å². The van der Waals surface area contributed by atoms with E-state index in [1.54, 1.807) is 0 Å². The van der Waals surface area contributed by atoms with E-state index in [1.807, 2.05) is 0 Å². The van der Waals surface area contributed by atoms with Crippen molar-refractivity contribution in [2.24, 2.45) is 11.3 Å². The summed E-state index contributed by atoms with van der Waals surface area (Å²) in [5.74, 6) is 0.891. The summed E-state index contributed by atoms with van der Waals surface area (Å²) in [7, 11) is 0. The minimum atomic E-state index is 0.487. The molecule has 0 radical (unpaired) electrons. The van der Waals surface area contributed by atoms with E-state index in [4.69, 9.17) is 0 Å². The molecule has 2 atom stereocenters. The maximum Gasteiger partial charge on any atom is 0.0314 e. The van der Waals surface area contributed by atoms with Gasteiger partial charge in [0, 0.05) is 17.3 Å². The molecule has 1 saturated carbocycles. The molecule has 2 fully saturated rings. The van der Waals surface area contributed by atoms with E-state index >= 15 is 0 Å². The van der Waals surface area contributed by atoms with Crippen LogP contribution in [0.2, 0.25) is 0 Å². The van der Waals surface area contributed by atoms with Crippen LogP contribution in [0.25, 0.3) is 0 Å². The third kappa shape index (κ3) is 1.52. The lowest BCUT2D eigenvalue weighted by Gasteiger charge is -2.49. The predicted octanol–water partition coefficient (Wildman–Crippen LogP) is 2.52. The molecule has 2 unspecified atom stereocenters. The number of hydrogen-bond acceptors (Lipinski definition) is 2. The molecule has 2 heteroatoms. The summed E-state index contributed by atoms with van der Waals surface area (Å²) in [5, 5.41) is 3.63. The van der Waals surface area contributed by atoms with E-state index in [2.05, 4.69) is 44.1 Å². The molecule has 2 aliphatic rings. The summed E-state index contributed by atoms with van der Waals surface area (Å²) >= 11 is 2.08. The van der Waals surface area contributed by atoms with E-state index in [1.165, 1.54) is 19.4 Å². The fourth-order valence-corrected chi connectivity index (χ4v) is 3.49. The molecule has 1 nitrogen and oxygen atoms in total. The van der Waals surface area contributed by atoms with Crippen molar-refractivity contribution in [3.05, 3.63) is 0 Å². The number of thioether (sulfide) groups is 1. The van der Waals surface area contributed by atoms with Crippen LogP contribution < -0.4 is 5.32 Å². The first-order valence-electron chi connectivity index (χ1n) is 5.28. The topological polar surface area (TPSA) is 12.0 Å². The van der Waals surface area contributed by atoms with Crippen LogP contribution in [0.5, 0.6) is 0 Å². The summed E-state index contributed by atoms with van der Waals surface area (Å²) in [6.07, 6.45) is 5.13. The highest BCUT2D eigenvalue weighted by Crippen LogP contribution is 2.55. The van der Waals surface area contributed by atoms with Crippen molar-refractivity contribution < 1.29 is 0 Å². The minimum Gasteiger partial charge on any atom is -0.312 e. The first kappa shape index (κ1) is 9.85. The lowest BCUT2D eigenvalue weighted by atomic mass is 9.70. The third-order valence-electron chi connectivity index (χ3n) is 3.79. The van der Waals surface area contributed by atoms with Crippen LogP contribution in [0.15, 0.2) is 0 Å². The average Bonchev–Trinajstić information content (AvgIpc) is 2.63. The van der Waals surface area contributed by atoms with Crippen molar-refractivity contribution in [3.8, 4) is 0 Å². The first-order valence-corrected chi connectivity index (χ1v) is 6.51. The van der Waals surface area contributed by atoms with Crippen molar-refractivity contribution in [3.63, 3.8) is 0 Å². The summed E-state index contributed by atoms with van der Waals surface area (Å²) < 4.78 is 0.621. The molecule has 0 spiro atoms. The predicted molar refractivity (Wildman–Crippen MR) is 60.2 cm³/mol. The highest BCUT2D eigenvalue weighted by Gasteiger charge is 2.57. The van der Waals surface area contributed by atoms with Crippen molar-refractivity contribution in [1.82, 2.24) is 5.32 Å². The maximum absolute atomic E-state index is 3.63. The van der Waals surface area contributed by atoms with Gasteiger partial charge in [0.1, 0.15) is 0 Å². The van der Waals surface area contributed by atoms with Crippen molar-refractivity contribution in [1.29, 1.82) is 0 Å². The van der Waals surface area contributed by atoms with Crippen LogP contribution in [0.1, 0.15) is 33.6 Å². The number of hydrogen-bond donors (Lipinski definition) is 1. The quantitative estimate of drug-likeness (QED) is 0.733. The Labute approximate surface area is 86.0 Å². The molecule has 1 aliphatic heterocycles. The van der Waals surface area contributed by atoms with Gasteiger partial charge in [-0.1, -0.05) is 20.8 Å². The lowest BCUT2D eigenvalue weighted by molar-refractivity contribution is 0.0927. The molecule has 0 aromatic carbocycles. The molecule has 2 rings (SSSR count). The SMILES string of the molecule is CSC1(C2NCC2C(C)(C)C)CC1. The molecule has 1 aliphatic carbocycles. The van der Waals surface area contributed by atoms with E-state index in [-0.39, 0.29) is 0 Å². The van der Waals surface area contributed by atoms with Gasteiger partial charge in [0.05, 0.1) is 0 Å². The molecule has 0 aromatic heterocycles. The van der Waals surface area contributed by atoms with E-state index in [0.717, 1.165) is 12.0 Å². The Morgan fingerprint density at radius 2 is 1.92 bits per heavy atom. The fourth-order valence-electron chi connectivity index (χ4n) is 2.48. The van der Waals surface area contributed by atoms with Gasteiger partial charge >= 0.3 is 0 Å². The zero-order chi connectivity index (χ0) is 9.69. The van der Waals surface area contributed by atoms with Crippen LogP contribution in [0.3, 0.4) is 0 Å². The van der Waals surface area contributed by atoms with Crippen LogP contribution in [0, 0.1) is 11.3 Å². The molecule has 13 heavy (non-hydrogen) atoms. The van der Waals surface area contributed by atoms with Crippen LogP contribution in [-0.4, -0.2) is 23.6 Å². The Hall–Kier alpha value is 0.310. The normalized spacial score (nSPS) is 36.9. The minimum absolute atomic E-state index is 0.487. The van der Waals surface area contributed by atoms with E-state index in [9.17, 15) is 0 Å².